The third-order valence-corrected chi connectivity index (χ3v) is 4.34. The summed E-state index contributed by atoms with van der Waals surface area (Å²) >= 11 is 0. The fourth-order valence-corrected chi connectivity index (χ4v) is 3.03. The fourth-order valence-electron chi connectivity index (χ4n) is 3.03. The van der Waals surface area contributed by atoms with Crippen LogP contribution in [0.1, 0.15) is 48.7 Å². The van der Waals surface area contributed by atoms with Crippen molar-refractivity contribution in [1.82, 2.24) is 9.97 Å². The lowest BCUT2D eigenvalue weighted by Crippen LogP contribution is -2.20. The molecule has 2 aromatic rings. The first kappa shape index (κ1) is 12.6. The van der Waals surface area contributed by atoms with Gasteiger partial charge in [-0.2, -0.15) is 0 Å². The van der Waals surface area contributed by atoms with E-state index < -0.39 is 0 Å². The fraction of sp³-hybridized carbons (Fsp3) is 0.412. The van der Waals surface area contributed by atoms with Crippen LogP contribution in [0.25, 0.3) is 23.3 Å². The maximum absolute atomic E-state index is 5.98. The van der Waals surface area contributed by atoms with Crippen molar-refractivity contribution in [3.05, 3.63) is 30.3 Å². The Labute approximate surface area is 124 Å². The smallest absolute Gasteiger partial charge is 0.196 e. The van der Waals surface area contributed by atoms with Crippen LogP contribution in [-0.4, -0.2) is 23.1 Å². The molecule has 2 aliphatic rings. The van der Waals surface area contributed by atoms with Gasteiger partial charge in [0.05, 0.1) is 0 Å². The summed E-state index contributed by atoms with van der Waals surface area (Å²) in [6.07, 6.45) is 8.35. The van der Waals surface area contributed by atoms with E-state index >= 15 is 0 Å². The Morgan fingerprint density at radius 3 is 2.48 bits per heavy atom. The SMILES string of the molecule is C=Cc1oc2c(N3CCCC3)nc(C3CC3)nc2c1C=C. The van der Waals surface area contributed by atoms with E-state index in [2.05, 4.69) is 18.1 Å². The van der Waals surface area contributed by atoms with Crippen LogP contribution < -0.4 is 4.90 Å². The van der Waals surface area contributed by atoms with Crippen molar-refractivity contribution in [3.8, 4) is 0 Å². The normalized spacial score (nSPS) is 18.4. The first-order chi connectivity index (χ1) is 10.3. The molecule has 1 aliphatic heterocycles. The van der Waals surface area contributed by atoms with Gasteiger partial charge in [-0.15, -0.1) is 0 Å². The molecule has 1 saturated heterocycles. The molecule has 3 heterocycles. The summed E-state index contributed by atoms with van der Waals surface area (Å²) < 4.78 is 5.98. The average Bonchev–Trinajstić information content (AvgIpc) is 3.10. The maximum Gasteiger partial charge on any atom is 0.196 e. The highest BCUT2D eigenvalue weighted by atomic mass is 16.3. The van der Waals surface area contributed by atoms with E-state index in [-0.39, 0.29) is 0 Å². The van der Waals surface area contributed by atoms with Crippen LogP contribution in [0, 0.1) is 0 Å². The van der Waals surface area contributed by atoms with Crippen LogP contribution in [-0.2, 0) is 0 Å². The Kier molecular flexibility index (Phi) is 2.84. The van der Waals surface area contributed by atoms with E-state index in [1.165, 1.54) is 25.7 Å². The lowest BCUT2D eigenvalue weighted by molar-refractivity contribution is 0.599. The number of furan rings is 1. The van der Waals surface area contributed by atoms with Gasteiger partial charge in [0, 0.05) is 24.6 Å². The quantitative estimate of drug-likeness (QED) is 0.850. The molecule has 0 unspecified atom stereocenters. The zero-order valence-corrected chi connectivity index (χ0v) is 12.1. The lowest BCUT2D eigenvalue weighted by atomic mass is 10.2. The highest BCUT2D eigenvalue weighted by Gasteiger charge is 2.30. The molecule has 4 heteroatoms. The van der Waals surface area contributed by atoms with Crippen LogP contribution in [0.3, 0.4) is 0 Å². The molecule has 0 amide bonds. The monoisotopic (exact) mass is 281 g/mol. The maximum atomic E-state index is 5.98. The molecule has 108 valence electrons. The standard InChI is InChI=1S/C17H19N3O/c1-3-12-13(4-2)21-15-14(12)18-16(11-7-8-11)19-17(15)20-9-5-6-10-20/h3-4,11H,1-2,5-10H2. The Morgan fingerprint density at radius 2 is 1.86 bits per heavy atom. The van der Waals surface area contributed by atoms with Crippen molar-refractivity contribution in [2.24, 2.45) is 0 Å². The molecule has 4 rings (SSSR count). The Morgan fingerprint density at radius 1 is 1.10 bits per heavy atom. The molecule has 21 heavy (non-hydrogen) atoms. The number of hydrogen-bond donors (Lipinski definition) is 0. The molecule has 4 nitrogen and oxygen atoms in total. The van der Waals surface area contributed by atoms with E-state index in [9.17, 15) is 0 Å². The summed E-state index contributed by atoms with van der Waals surface area (Å²) in [5.74, 6) is 3.18. The topological polar surface area (TPSA) is 42.2 Å². The van der Waals surface area contributed by atoms with E-state index in [4.69, 9.17) is 14.4 Å². The summed E-state index contributed by atoms with van der Waals surface area (Å²) in [5, 5.41) is 0. The van der Waals surface area contributed by atoms with Gasteiger partial charge in [0.2, 0.25) is 0 Å². The third-order valence-electron chi connectivity index (χ3n) is 4.34. The first-order valence-corrected chi connectivity index (χ1v) is 7.66. The van der Waals surface area contributed by atoms with E-state index in [1.54, 1.807) is 12.2 Å². The summed E-state index contributed by atoms with van der Waals surface area (Å²) in [7, 11) is 0. The number of fused-ring (bicyclic) bond motifs is 1. The minimum atomic E-state index is 0.524. The second-order valence-corrected chi connectivity index (χ2v) is 5.84. The molecule has 0 N–H and O–H groups in total. The van der Waals surface area contributed by atoms with E-state index in [0.717, 1.165) is 47.2 Å². The van der Waals surface area contributed by atoms with Gasteiger partial charge in [-0.1, -0.05) is 19.2 Å². The number of hydrogen-bond acceptors (Lipinski definition) is 4. The molecule has 1 aliphatic carbocycles. The number of rotatable bonds is 4. The van der Waals surface area contributed by atoms with Crippen molar-refractivity contribution in [1.29, 1.82) is 0 Å². The summed E-state index contributed by atoms with van der Waals surface area (Å²) in [5.41, 5.74) is 2.61. The van der Waals surface area contributed by atoms with Crippen LogP contribution >= 0.6 is 0 Å². The van der Waals surface area contributed by atoms with E-state index in [1.807, 2.05) is 0 Å². The largest absolute Gasteiger partial charge is 0.450 e. The molecule has 2 aromatic heterocycles. The Bertz CT molecular complexity index is 721. The van der Waals surface area contributed by atoms with Gasteiger partial charge in [0.25, 0.3) is 0 Å². The average molecular weight is 281 g/mol. The molecule has 1 saturated carbocycles. The van der Waals surface area contributed by atoms with Gasteiger partial charge in [-0.3, -0.25) is 0 Å². The summed E-state index contributed by atoms with van der Waals surface area (Å²) in [6.45, 7) is 9.82. The van der Waals surface area contributed by atoms with Crippen molar-refractivity contribution in [2.75, 3.05) is 18.0 Å². The Hall–Kier alpha value is -2.10. The first-order valence-electron chi connectivity index (χ1n) is 7.66. The summed E-state index contributed by atoms with van der Waals surface area (Å²) in [6, 6.07) is 0. The molecular formula is C17H19N3O. The number of anilines is 1. The highest BCUT2D eigenvalue weighted by Crippen LogP contribution is 2.41. The molecule has 2 fully saturated rings. The van der Waals surface area contributed by atoms with Crippen LogP contribution in [0.2, 0.25) is 0 Å². The van der Waals surface area contributed by atoms with Crippen LogP contribution in [0.15, 0.2) is 17.6 Å². The minimum absolute atomic E-state index is 0.524. The molecule has 0 atom stereocenters. The molecule has 0 radical (unpaired) electrons. The van der Waals surface area contributed by atoms with Crippen LogP contribution in [0.5, 0.6) is 0 Å². The molecular weight excluding hydrogens is 262 g/mol. The predicted octanol–water partition coefficient (Wildman–Crippen LogP) is 3.99. The van der Waals surface area contributed by atoms with Crippen LogP contribution in [0.4, 0.5) is 5.82 Å². The van der Waals surface area contributed by atoms with Crippen molar-refractivity contribution < 1.29 is 4.42 Å². The highest BCUT2D eigenvalue weighted by molar-refractivity contribution is 5.93. The van der Waals surface area contributed by atoms with Crippen molar-refractivity contribution >= 4 is 29.1 Å². The van der Waals surface area contributed by atoms with Gasteiger partial charge in [-0.25, -0.2) is 9.97 Å². The van der Waals surface area contributed by atoms with Crippen molar-refractivity contribution in [2.45, 2.75) is 31.6 Å². The van der Waals surface area contributed by atoms with Crippen molar-refractivity contribution in [3.63, 3.8) is 0 Å². The lowest BCUT2D eigenvalue weighted by Gasteiger charge is -2.17. The second-order valence-electron chi connectivity index (χ2n) is 5.84. The second kappa shape index (κ2) is 4.72. The van der Waals surface area contributed by atoms with Gasteiger partial charge in [-0.05, 0) is 31.8 Å². The molecule has 0 bridgehead atoms. The zero-order chi connectivity index (χ0) is 14.4. The Balaban J connectivity index is 1.98. The van der Waals surface area contributed by atoms with Gasteiger partial charge < -0.3 is 9.32 Å². The molecule has 0 aromatic carbocycles. The summed E-state index contributed by atoms with van der Waals surface area (Å²) in [4.78, 5) is 11.9. The van der Waals surface area contributed by atoms with Gasteiger partial charge >= 0.3 is 0 Å². The number of aromatic nitrogens is 2. The third kappa shape index (κ3) is 1.97. The van der Waals surface area contributed by atoms with Gasteiger partial charge in [0.15, 0.2) is 11.4 Å². The molecule has 0 spiro atoms. The van der Waals surface area contributed by atoms with E-state index in [0.29, 0.717) is 5.92 Å². The van der Waals surface area contributed by atoms with Gasteiger partial charge in [0.1, 0.15) is 17.1 Å². The predicted molar refractivity (Wildman–Crippen MR) is 85.4 cm³/mol. The minimum Gasteiger partial charge on any atom is -0.450 e. The zero-order valence-electron chi connectivity index (χ0n) is 12.1. The number of nitrogens with zero attached hydrogens (tertiary/aromatic N) is 3.